The van der Waals surface area contributed by atoms with Crippen LogP contribution in [-0.2, 0) is 4.74 Å². The molecule has 1 aromatic carbocycles. The molecule has 0 aliphatic carbocycles. The third-order valence-corrected chi connectivity index (χ3v) is 7.71. The second-order valence-electron chi connectivity index (χ2n) is 11.1. The van der Waals surface area contributed by atoms with E-state index in [2.05, 4.69) is 20.2 Å². The van der Waals surface area contributed by atoms with E-state index in [-0.39, 0.29) is 24.7 Å². The van der Waals surface area contributed by atoms with Gasteiger partial charge in [-0.15, -0.1) is 0 Å². The number of piperidine rings is 1. The average Bonchev–Trinajstić information content (AvgIpc) is 2.92. The van der Waals surface area contributed by atoms with Crippen molar-refractivity contribution in [1.82, 2.24) is 25.2 Å². The number of anilines is 1. The van der Waals surface area contributed by atoms with Crippen LogP contribution in [0.3, 0.4) is 0 Å². The van der Waals surface area contributed by atoms with E-state index in [0.717, 1.165) is 24.3 Å². The number of nitrogens with zero attached hydrogens (tertiary/aromatic N) is 5. The number of amides is 1. The van der Waals surface area contributed by atoms with Gasteiger partial charge < -0.3 is 15.0 Å². The molecule has 11 heteroatoms. The number of alkyl halides is 3. The number of morpholine rings is 1. The molecule has 3 unspecified atom stereocenters. The second kappa shape index (κ2) is 11.7. The fourth-order valence-electron chi connectivity index (χ4n) is 5.56. The van der Waals surface area contributed by atoms with E-state index in [1.807, 2.05) is 36.9 Å². The Kier molecular flexibility index (Phi) is 8.23. The van der Waals surface area contributed by atoms with Crippen molar-refractivity contribution in [2.24, 2.45) is 0 Å². The highest BCUT2D eigenvalue weighted by molar-refractivity contribution is 6.06. The van der Waals surface area contributed by atoms with Gasteiger partial charge in [-0.1, -0.05) is 6.07 Å². The van der Waals surface area contributed by atoms with Crippen LogP contribution < -0.4 is 10.2 Å². The summed E-state index contributed by atoms with van der Waals surface area (Å²) in [4.78, 5) is 30.1. The van der Waals surface area contributed by atoms with Crippen LogP contribution in [0.25, 0.3) is 10.9 Å². The fourth-order valence-corrected chi connectivity index (χ4v) is 5.56. The highest BCUT2D eigenvalue weighted by Crippen LogP contribution is 2.31. The van der Waals surface area contributed by atoms with Crippen molar-refractivity contribution in [2.75, 3.05) is 37.6 Å². The number of likely N-dealkylation sites (tertiary alicyclic amines) is 1. The molecule has 2 aromatic heterocycles. The first-order chi connectivity index (χ1) is 19.1. The molecule has 2 fully saturated rings. The van der Waals surface area contributed by atoms with Crippen LogP contribution in [0.1, 0.15) is 67.8 Å². The quantitative estimate of drug-likeness (QED) is 0.445. The maximum absolute atomic E-state index is 14.5. The molecule has 1 amide bonds. The summed E-state index contributed by atoms with van der Waals surface area (Å²) in [7, 11) is 0. The van der Waals surface area contributed by atoms with Gasteiger partial charge in [0.25, 0.3) is 12.3 Å². The predicted molar refractivity (Wildman–Crippen MR) is 146 cm³/mol. The van der Waals surface area contributed by atoms with E-state index >= 15 is 0 Å². The number of rotatable bonds is 7. The molecule has 0 saturated carbocycles. The molecule has 2 aliphatic heterocycles. The van der Waals surface area contributed by atoms with Gasteiger partial charge in [0.1, 0.15) is 11.5 Å². The maximum Gasteiger partial charge on any atom is 0.297 e. The number of ether oxygens (including phenoxy) is 1. The van der Waals surface area contributed by atoms with Gasteiger partial charge in [0.05, 0.1) is 23.8 Å². The molecule has 3 atom stereocenters. The lowest BCUT2D eigenvalue weighted by molar-refractivity contribution is -0.00544. The van der Waals surface area contributed by atoms with Crippen LogP contribution >= 0.6 is 0 Å². The van der Waals surface area contributed by atoms with Gasteiger partial charge in [0.15, 0.2) is 5.82 Å². The molecule has 214 valence electrons. The van der Waals surface area contributed by atoms with Crippen LogP contribution in [0.2, 0.25) is 0 Å². The standard InChI is InChI=1S/C29H35F3N6O2/c1-18-16-38(17-19(2)40-18)25-8-7-21-22(5-4-6-23(21)36-25)28(39)35-15-24(37-11-9-29(3,32)10-12-37)20-13-33-27(26(30)31)34-14-20/h4-8,13-14,18-19,24,26H,9-12,15-17H2,1-3H3,(H,35,39). The van der Waals surface area contributed by atoms with Gasteiger partial charge >= 0.3 is 0 Å². The number of benzene rings is 1. The van der Waals surface area contributed by atoms with Crippen molar-refractivity contribution >= 4 is 22.6 Å². The average molecular weight is 557 g/mol. The minimum Gasteiger partial charge on any atom is -0.372 e. The van der Waals surface area contributed by atoms with Gasteiger partial charge in [-0.25, -0.2) is 28.1 Å². The highest BCUT2D eigenvalue weighted by Gasteiger charge is 2.33. The van der Waals surface area contributed by atoms with E-state index in [1.165, 1.54) is 12.4 Å². The number of hydrogen-bond acceptors (Lipinski definition) is 7. The highest BCUT2D eigenvalue weighted by atomic mass is 19.3. The number of fused-ring (bicyclic) bond motifs is 1. The van der Waals surface area contributed by atoms with Crippen molar-refractivity contribution in [2.45, 2.75) is 64.0 Å². The van der Waals surface area contributed by atoms with E-state index in [0.29, 0.717) is 42.6 Å². The molecule has 1 N–H and O–H groups in total. The van der Waals surface area contributed by atoms with Gasteiger partial charge in [0, 0.05) is 61.6 Å². The molecule has 2 aliphatic rings. The number of hydrogen-bond donors (Lipinski definition) is 1. The fraction of sp³-hybridized carbons (Fsp3) is 0.517. The summed E-state index contributed by atoms with van der Waals surface area (Å²) in [5.41, 5.74) is 0.526. The minimum absolute atomic E-state index is 0.0989. The first-order valence-electron chi connectivity index (χ1n) is 13.7. The SMILES string of the molecule is CC1CN(c2ccc3c(C(=O)NCC(c4cnc(C(F)F)nc4)N4CCC(C)(F)CC4)cccc3n2)CC(C)O1. The number of nitrogens with one attached hydrogen (secondary N) is 1. The zero-order valence-corrected chi connectivity index (χ0v) is 23.0. The largest absolute Gasteiger partial charge is 0.372 e. The Morgan fingerprint density at radius 3 is 2.42 bits per heavy atom. The number of carbonyl (C=O) groups excluding carboxylic acids is 1. The summed E-state index contributed by atoms with van der Waals surface area (Å²) in [5, 5.41) is 3.73. The van der Waals surface area contributed by atoms with Crippen molar-refractivity contribution in [1.29, 1.82) is 0 Å². The Hall–Kier alpha value is -3.31. The normalized spacial score (nSPS) is 22.4. The number of aromatic nitrogens is 3. The molecule has 0 radical (unpaired) electrons. The Labute approximate surface area is 231 Å². The lowest BCUT2D eigenvalue weighted by Gasteiger charge is -2.39. The molecule has 0 bridgehead atoms. The smallest absolute Gasteiger partial charge is 0.297 e. The lowest BCUT2D eigenvalue weighted by Crippen LogP contribution is -2.45. The van der Waals surface area contributed by atoms with Gasteiger partial charge in [-0.3, -0.25) is 9.69 Å². The lowest BCUT2D eigenvalue weighted by atomic mass is 9.93. The van der Waals surface area contributed by atoms with Crippen LogP contribution in [0.15, 0.2) is 42.7 Å². The molecular formula is C29H35F3N6O2. The summed E-state index contributed by atoms with van der Waals surface area (Å²) < 4.78 is 46.4. The van der Waals surface area contributed by atoms with Gasteiger partial charge in [0.2, 0.25) is 0 Å². The van der Waals surface area contributed by atoms with E-state index in [1.54, 1.807) is 19.1 Å². The third-order valence-electron chi connectivity index (χ3n) is 7.71. The molecule has 3 aromatic rings. The van der Waals surface area contributed by atoms with Gasteiger partial charge in [-0.2, -0.15) is 0 Å². The number of halogens is 3. The van der Waals surface area contributed by atoms with Crippen molar-refractivity contribution in [3.8, 4) is 0 Å². The Balaban J connectivity index is 1.34. The zero-order valence-electron chi connectivity index (χ0n) is 23.0. The van der Waals surface area contributed by atoms with Crippen molar-refractivity contribution < 1.29 is 22.7 Å². The first kappa shape index (κ1) is 28.2. The minimum atomic E-state index is -2.77. The zero-order chi connectivity index (χ0) is 28.4. The molecular weight excluding hydrogens is 521 g/mol. The van der Waals surface area contributed by atoms with Crippen LogP contribution in [0.5, 0.6) is 0 Å². The van der Waals surface area contributed by atoms with Gasteiger partial charge in [-0.05, 0) is 57.9 Å². The monoisotopic (exact) mass is 556 g/mol. The molecule has 2 saturated heterocycles. The Morgan fingerprint density at radius 2 is 1.77 bits per heavy atom. The van der Waals surface area contributed by atoms with Crippen LogP contribution in [0, 0.1) is 0 Å². The molecule has 5 rings (SSSR count). The molecule has 0 spiro atoms. The second-order valence-corrected chi connectivity index (χ2v) is 11.1. The summed E-state index contributed by atoms with van der Waals surface area (Å²) in [6, 6.07) is 8.89. The van der Waals surface area contributed by atoms with Crippen molar-refractivity contribution in [3.05, 3.63) is 59.7 Å². The summed E-state index contributed by atoms with van der Waals surface area (Å²) in [5.74, 6) is 0.00526. The summed E-state index contributed by atoms with van der Waals surface area (Å²) in [6.45, 7) is 8.26. The maximum atomic E-state index is 14.5. The van der Waals surface area contributed by atoms with E-state index < -0.39 is 24.0 Å². The van der Waals surface area contributed by atoms with Crippen molar-refractivity contribution in [3.63, 3.8) is 0 Å². The first-order valence-corrected chi connectivity index (χ1v) is 13.7. The van der Waals surface area contributed by atoms with Crippen LogP contribution in [0.4, 0.5) is 19.0 Å². The topological polar surface area (TPSA) is 83.5 Å². The van der Waals surface area contributed by atoms with E-state index in [9.17, 15) is 18.0 Å². The van der Waals surface area contributed by atoms with E-state index in [4.69, 9.17) is 9.72 Å². The predicted octanol–water partition coefficient (Wildman–Crippen LogP) is 4.87. The molecule has 8 nitrogen and oxygen atoms in total. The Morgan fingerprint density at radius 1 is 1.10 bits per heavy atom. The van der Waals surface area contributed by atoms with Crippen LogP contribution in [-0.4, -0.2) is 76.4 Å². The number of pyridine rings is 1. The summed E-state index contributed by atoms with van der Waals surface area (Å²) in [6.07, 6.45) is 0.835. The third kappa shape index (κ3) is 6.36. The molecule has 40 heavy (non-hydrogen) atoms. The number of carbonyl (C=O) groups is 1. The Bertz CT molecular complexity index is 1320. The summed E-state index contributed by atoms with van der Waals surface area (Å²) >= 11 is 0. The molecule has 4 heterocycles.